The fourth-order valence-electron chi connectivity index (χ4n) is 2.78. The van der Waals surface area contributed by atoms with Crippen LogP contribution in [0.1, 0.15) is 54.3 Å². The van der Waals surface area contributed by atoms with E-state index in [0.29, 0.717) is 13.0 Å². The lowest BCUT2D eigenvalue weighted by Crippen LogP contribution is -2.42. The molecule has 0 aliphatic carbocycles. The number of carboxylic acids is 2. The predicted molar refractivity (Wildman–Crippen MR) is 91.8 cm³/mol. The van der Waals surface area contributed by atoms with Crippen molar-refractivity contribution in [3.05, 3.63) is 29.3 Å². The Balaban J connectivity index is 2.16. The Hall–Kier alpha value is -2.77. The fraction of sp³-hybridized carbons (Fsp3) is 0.500. The first-order valence-corrected chi connectivity index (χ1v) is 8.32. The molecule has 0 radical (unpaired) electrons. The molecule has 8 heteroatoms. The van der Waals surface area contributed by atoms with Gasteiger partial charge in [0.2, 0.25) is 0 Å². The highest BCUT2D eigenvalue weighted by Crippen LogP contribution is 2.27. The summed E-state index contributed by atoms with van der Waals surface area (Å²) in [5.74, 6) is -2.76. The van der Waals surface area contributed by atoms with Gasteiger partial charge < -0.3 is 24.6 Å². The third-order valence-corrected chi connectivity index (χ3v) is 3.90. The van der Waals surface area contributed by atoms with Gasteiger partial charge in [-0.15, -0.1) is 0 Å². The summed E-state index contributed by atoms with van der Waals surface area (Å²) in [5.41, 5.74) is -1.09. The van der Waals surface area contributed by atoms with Crippen molar-refractivity contribution in [3.63, 3.8) is 0 Å². The molecule has 1 aromatic rings. The zero-order valence-corrected chi connectivity index (χ0v) is 15.0. The Morgan fingerprint density at radius 1 is 1.15 bits per heavy atom. The van der Waals surface area contributed by atoms with Crippen LogP contribution in [0, 0.1) is 0 Å². The third kappa shape index (κ3) is 4.65. The van der Waals surface area contributed by atoms with Gasteiger partial charge in [0, 0.05) is 6.54 Å². The molecule has 1 amide bonds. The average molecular weight is 365 g/mol. The van der Waals surface area contributed by atoms with Crippen molar-refractivity contribution in [2.45, 2.75) is 45.3 Å². The van der Waals surface area contributed by atoms with E-state index in [0.717, 1.165) is 6.42 Å². The molecule has 8 nitrogen and oxygen atoms in total. The van der Waals surface area contributed by atoms with Crippen molar-refractivity contribution < 1.29 is 34.1 Å². The molecule has 0 bridgehead atoms. The number of hydrogen-bond donors (Lipinski definition) is 2. The van der Waals surface area contributed by atoms with Crippen LogP contribution in [0.5, 0.6) is 5.75 Å². The van der Waals surface area contributed by atoms with E-state index in [9.17, 15) is 24.6 Å². The first-order chi connectivity index (χ1) is 12.1. The van der Waals surface area contributed by atoms with E-state index in [4.69, 9.17) is 9.47 Å². The van der Waals surface area contributed by atoms with Crippen LogP contribution in [0.4, 0.5) is 4.79 Å². The van der Waals surface area contributed by atoms with Crippen molar-refractivity contribution in [2.24, 2.45) is 0 Å². The molecule has 1 atom stereocenters. The Morgan fingerprint density at radius 3 is 2.23 bits per heavy atom. The maximum Gasteiger partial charge on any atom is 0.410 e. The van der Waals surface area contributed by atoms with Crippen LogP contribution < -0.4 is 4.74 Å². The normalized spacial score (nSPS) is 17.0. The summed E-state index contributed by atoms with van der Waals surface area (Å²) in [6.45, 7) is 5.82. The van der Waals surface area contributed by atoms with E-state index in [1.165, 1.54) is 23.1 Å². The molecule has 2 N–H and O–H groups in total. The molecule has 1 aliphatic rings. The average Bonchev–Trinajstić information content (AvgIpc) is 2.99. The largest absolute Gasteiger partial charge is 0.490 e. The number of amides is 1. The van der Waals surface area contributed by atoms with Crippen LogP contribution in [0.15, 0.2) is 18.2 Å². The molecule has 1 fully saturated rings. The first kappa shape index (κ1) is 19.6. The van der Waals surface area contributed by atoms with Crippen molar-refractivity contribution >= 4 is 18.0 Å². The van der Waals surface area contributed by atoms with E-state index < -0.39 is 23.6 Å². The maximum absolute atomic E-state index is 12.3. The van der Waals surface area contributed by atoms with Gasteiger partial charge in [0.1, 0.15) is 29.1 Å². The summed E-state index contributed by atoms with van der Waals surface area (Å²) in [7, 11) is 0. The number of carboxylic acid groups (broad SMARTS) is 2. The molecular weight excluding hydrogens is 342 g/mol. The summed E-state index contributed by atoms with van der Waals surface area (Å²) in [4.78, 5) is 36.6. The minimum absolute atomic E-state index is 0.0101. The topological polar surface area (TPSA) is 113 Å². The Morgan fingerprint density at radius 2 is 1.73 bits per heavy atom. The van der Waals surface area contributed by atoms with Gasteiger partial charge in [-0.1, -0.05) is 6.07 Å². The molecule has 0 saturated carbocycles. The number of nitrogens with zero attached hydrogens (tertiary/aromatic N) is 1. The summed E-state index contributed by atoms with van der Waals surface area (Å²) < 4.78 is 10.9. The number of rotatable bonds is 5. The van der Waals surface area contributed by atoms with Gasteiger partial charge in [0.05, 0.1) is 6.04 Å². The molecule has 2 rings (SSSR count). The van der Waals surface area contributed by atoms with Gasteiger partial charge in [-0.05, 0) is 45.7 Å². The number of para-hydroxylation sites is 1. The SMILES string of the molecule is CC(C)(C)OC(=O)N1CCC[C@H]1COc1c(C(=O)O)cccc1C(=O)O. The molecule has 1 aliphatic heterocycles. The van der Waals surface area contributed by atoms with Crippen molar-refractivity contribution in [3.8, 4) is 5.75 Å². The van der Waals surface area contributed by atoms with Gasteiger partial charge in [-0.2, -0.15) is 0 Å². The van der Waals surface area contributed by atoms with E-state index in [-0.39, 0.29) is 29.5 Å². The van der Waals surface area contributed by atoms with Crippen LogP contribution in [0.3, 0.4) is 0 Å². The predicted octanol–water partition coefficient (Wildman–Crippen LogP) is 2.86. The first-order valence-electron chi connectivity index (χ1n) is 8.32. The molecular formula is C18H23NO7. The van der Waals surface area contributed by atoms with Crippen LogP contribution in [0.25, 0.3) is 0 Å². The molecule has 26 heavy (non-hydrogen) atoms. The quantitative estimate of drug-likeness (QED) is 0.825. The summed E-state index contributed by atoms with van der Waals surface area (Å²) >= 11 is 0. The second kappa shape index (κ2) is 7.63. The number of carbonyl (C=O) groups excluding carboxylic acids is 1. The fourth-order valence-corrected chi connectivity index (χ4v) is 2.78. The lowest BCUT2D eigenvalue weighted by molar-refractivity contribution is 0.0184. The minimum atomic E-state index is -1.28. The smallest absolute Gasteiger partial charge is 0.410 e. The summed E-state index contributed by atoms with van der Waals surface area (Å²) in [6.07, 6.45) is 0.963. The number of likely N-dealkylation sites (tertiary alicyclic amines) is 1. The van der Waals surface area contributed by atoms with Crippen LogP contribution in [-0.2, 0) is 4.74 Å². The van der Waals surface area contributed by atoms with Gasteiger partial charge in [0.15, 0.2) is 0 Å². The second-order valence-electron chi connectivity index (χ2n) is 7.07. The number of hydrogen-bond acceptors (Lipinski definition) is 5. The van der Waals surface area contributed by atoms with Crippen molar-refractivity contribution in [1.82, 2.24) is 4.90 Å². The van der Waals surface area contributed by atoms with E-state index in [2.05, 4.69) is 0 Å². The highest BCUT2D eigenvalue weighted by molar-refractivity contribution is 5.98. The highest BCUT2D eigenvalue weighted by Gasteiger charge is 2.33. The molecule has 0 aromatic heterocycles. The van der Waals surface area contributed by atoms with E-state index >= 15 is 0 Å². The van der Waals surface area contributed by atoms with Crippen LogP contribution in [-0.4, -0.2) is 57.9 Å². The van der Waals surface area contributed by atoms with Gasteiger partial charge >= 0.3 is 18.0 Å². The molecule has 142 valence electrons. The maximum atomic E-state index is 12.3. The number of aromatic carboxylic acids is 2. The monoisotopic (exact) mass is 365 g/mol. The zero-order chi connectivity index (χ0) is 19.5. The molecule has 0 spiro atoms. The van der Waals surface area contributed by atoms with E-state index in [1.54, 1.807) is 20.8 Å². The number of carbonyl (C=O) groups is 3. The van der Waals surface area contributed by atoms with Crippen molar-refractivity contribution in [2.75, 3.05) is 13.2 Å². The second-order valence-corrected chi connectivity index (χ2v) is 7.07. The van der Waals surface area contributed by atoms with Crippen molar-refractivity contribution in [1.29, 1.82) is 0 Å². The third-order valence-electron chi connectivity index (χ3n) is 3.90. The van der Waals surface area contributed by atoms with Crippen LogP contribution in [0.2, 0.25) is 0 Å². The highest BCUT2D eigenvalue weighted by atomic mass is 16.6. The Kier molecular flexibility index (Phi) is 5.74. The van der Waals surface area contributed by atoms with E-state index in [1.807, 2.05) is 0 Å². The molecule has 1 heterocycles. The molecule has 1 aromatic carbocycles. The summed E-state index contributed by atoms with van der Waals surface area (Å²) in [5, 5.41) is 18.5. The standard InChI is InChI=1S/C18H23NO7/c1-18(2,3)26-17(24)19-9-5-6-11(19)10-25-14-12(15(20)21)7-4-8-13(14)16(22)23/h4,7-8,11H,5-6,9-10H2,1-3H3,(H,20,21)(H,22,23)/t11-/m0/s1. The lowest BCUT2D eigenvalue weighted by atomic mass is 10.1. The number of ether oxygens (including phenoxy) is 2. The Bertz CT molecular complexity index is 676. The molecule has 1 saturated heterocycles. The van der Waals surface area contributed by atoms with Gasteiger partial charge in [0.25, 0.3) is 0 Å². The lowest BCUT2D eigenvalue weighted by Gasteiger charge is -2.28. The molecule has 0 unspecified atom stereocenters. The van der Waals surface area contributed by atoms with Crippen LogP contribution >= 0.6 is 0 Å². The summed E-state index contributed by atoms with van der Waals surface area (Å²) in [6, 6.07) is 3.60. The number of benzene rings is 1. The minimum Gasteiger partial charge on any atom is -0.490 e. The zero-order valence-electron chi connectivity index (χ0n) is 15.0. The van der Waals surface area contributed by atoms with Gasteiger partial charge in [-0.25, -0.2) is 14.4 Å². The Labute approximate surface area is 151 Å². The van der Waals surface area contributed by atoms with Gasteiger partial charge in [-0.3, -0.25) is 0 Å².